The van der Waals surface area contributed by atoms with Crippen molar-refractivity contribution in [1.82, 2.24) is 0 Å². The number of rotatable bonds is 3. The molecule has 4 fully saturated rings. The van der Waals surface area contributed by atoms with Crippen LogP contribution < -0.4 is 5.73 Å². The zero-order chi connectivity index (χ0) is 32.5. The second kappa shape index (κ2) is 11.2. The predicted molar refractivity (Wildman–Crippen MR) is 169 cm³/mol. The number of aryl methyl sites for hydroxylation is 1. The maximum Gasteiger partial charge on any atom is 0.373 e. The van der Waals surface area contributed by atoms with E-state index in [1.807, 2.05) is 13.0 Å². The molecule has 0 bridgehead atoms. The third kappa shape index (κ3) is 4.60. The first-order valence-electron chi connectivity index (χ1n) is 16.9. The first kappa shape index (κ1) is 33.1. The third-order valence-electron chi connectivity index (χ3n) is 14.8. The summed E-state index contributed by atoms with van der Waals surface area (Å²) in [7, 11) is 1.53. The van der Waals surface area contributed by atoms with Crippen molar-refractivity contribution in [3.63, 3.8) is 0 Å². The number of allylic oxidation sites excluding steroid dienone is 2. The molecule has 5 nitrogen and oxygen atoms in total. The summed E-state index contributed by atoms with van der Waals surface area (Å²) in [6, 6.07) is 5.83. The zero-order valence-corrected chi connectivity index (χ0v) is 28.2. The van der Waals surface area contributed by atoms with Gasteiger partial charge in [0.05, 0.1) is 13.0 Å². The monoisotopic (exact) mass is 607 g/mol. The summed E-state index contributed by atoms with van der Waals surface area (Å²) in [5.74, 6) is 2.21. The third-order valence-corrected chi connectivity index (χ3v) is 14.8. The summed E-state index contributed by atoms with van der Waals surface area (Å²) >= 11 is 0. The van der Waals surface area contributed by atoms with Gasteiger partial charge in [-0.2, -0.15) is 9.59 Å². The van der Waals surface area contributed by atoms with E-state index < -0.39 is 0 Å². The molecule has 0 aliphatic heterocycles. The number of methoxy groups -OCH3 is 1. The molecule has 4 saturated carbocycles. The van der Waals surface area contributed by atoms with Crippen LogP contribution in [-0.4, -0.2) is 24.8 Å². The topological polar surface area (TPSA) is 86.5 Å². The number of ether oxygens (including phenoxy) is 1. The summed E-state index contributed by atoms with van der Waals surface area (Å²) in [6.45, 7) is 16.6. The number of carbonyl (C=O) groups is 1. The minimum absolute atomic E-state index is 0.0146. The van der Waals surface area contributed by atoms with E-state index in [1.54, 1.807) is 6.07 Å². The highest BCUT2D eigenvalue weighted by Gasteiger charge is 2.70. The Morgan fingerprint density at radius 1 is 0.977 bits per heavy atom. The molecule has 0 saturated heterocycles. The van der Waals surface area contributed by atoms with Crippen LogP contribution in [0.1, 0.15) is 110 Å². The first-order valence-corrected chi connectivity index (χ1v) is 16.9. The fraction of sp³-hybridized carbons (Fsp3) is 0.737. The fourth-order valence-electron chi connectivity index (χ4n) is 12.5. The summed E-state index contributed by atoms with van der Waals surface area (Å²) in [6.07, 6.45) is 13.1. The van der Waals surface area contributed by atoms with Gasteiger partial charge in [0.2, 0.25) is 0 Å². The number of benzene rings is 1. The minimum atomic E-state index is -0.144. The van der Waals surface area contributed by atoms with Crippen molar-refractivity contribution < 1.29 is 23.5 Å². The van der Waals surface area contributed by atoms with E-state index in [1.165, 1.54) is 44.8 Å². The molecule has 0 amide bonds. The van der Waals surface area contributed by atoms with Gasteiger partial charge in [0.1, 0.15) is 5.82 Å². The number of hydrogen-bond donors (Lipinski definition) is 1. The van der Waals surface area contributed by atoms with Crippen molar-refractivity contribution in [2.24, 2.45) is 62.9 Å². The lowest BCUT2D eigenvalue weighted by Crippen LogP contribution is -2.67. The van der Waals surface area contributed by atoms with Gasteiger partial charge in [-0.1, -0.05) is 59.8 Å². The molecule has 2 N–H and O–H groups in total. The molecular formula is C38H54FNO4. The highest BCUT2D eigenvalue weighted by molar-refractivity contribution is 5.72. The number of esters is 1. The molecule has 44 heavy (non-hydrogen) atoms. The molecule has 0 radical (unpaired) electrons. The van der Waals surface area contributed by atoms with Crippen LogP contribution in [0.5, 0.6) is 0 Å². The van der Waals surface area contributed by atoms with Crippen LogP contribution in [0.15, 0.2) is 24.3 Å². The largest absolute Gasteiger partial charge is 0.469 e. The summed E-state index contributed by atoms with van der Waals surface area (Å²) < 4.78 is 19.9. The van der Waals surface area contributed by atoms with Gasteiger partial charge >= 0.3 is 12.1 Å². The average Bonchev–Trinajstić information content (AvgIpc) is 3.32. The number of fused-ring (bicyclic) bond motifs is 7. The van der Waals surface area contributed by atoms with Crippen LogP contribution in [-0.2, 0) is 19.1 Å². The Bertz CT molecular complexity index is 1360. The van der Waals surface area contributed by atoms with Gasteiger partial charge < -0.3 is 10.5 Å². The van der Waals surface area contributed by atoms with Gasteiger partial charge in [0.25, 0.3) is 0 Å². The van der Waals surface area contributed by atoms with E-state index in [4.69, 9.17) is 20.1 Å². The minimum Gasteiger partial charge on any atom is -0.469 e. The van der Waals surface area contributed by atoms with Crippen LogP contribution in [0.4, 0.5) is 4.39 Å². The molecule has 242 valence electrons. The lowest BCUT2D eigenvalue weighted by molar-refractivity contribution is -0.219. The first-order chi connectivity index (χ1) is 20.6. The number of hydrogen-bond acceptors (Lipinski definition) is 5. The summed E-state index contributed by atoms with van der Waals surface area (Å²) in [5.41, 5.74) is 10.9. The molecule has 1 aromatic rings. The van der Waals surface area contributed by atoms with Crippen molar-refractivity contribution in [3.8, 4) is 0 Å². The van der Waals surface area contributed by atoms with Gasteiger partial charge in [0, 0.05) is 5.54 Å². The Kier molecular flexibility index (Phi) is 8.41. The highest BCUT2D eigenvalue weighted by Crippen LogP contribution is 2.76. The van der Waals surface area contributed by atoms with E-state index in [2.05, 4.69) is 53.7 Å². The average molecular weight is 608 g/mol. The second-order valence-corrected chi connectivity index (χ2v) is 16.5. The Morgan fingerprint density at radius 3 is 2.30 bits per heavy atom. The van der Waals surface area contributed by atoms with Crippen molar-refractivity contribution in [2.75, 3.05) is 7.11 Å². The highest BCUT2D eigenvalue weighted by atomic mass is 19.1. The summed E-state index contributed by atoms with van der Waals surface area (Å²) in [5, 5.41) is 0. The van der Waals surface area contributed by atoms with Crippen LogP contribution in [0, 0.1) is 69.9 Å². The molecule has 0 spiro atoms. The molecule has 6 rings (SSSR count). The van der Waals surface area contributed by atoms with Gasteiger partial charge in [-0.05, 0) is 139 Å². The van der Waals surface area contributed by atoms with E-state index in [9.17, 15) is 9.18 Å². The number of carbonyl (C=O) groups excluding carboxylic acids is 3. The maximum atomic E-state index is 14.7. The standard InChI is InChI=1S/C37H54FNO2.CO2/c1-22-9-10-24(21-28(22)38)26-14-16-34(5)29(33(26,3)4)15-17-36(7)30(34)12-11-27-31-25(23(2)32(40)41-8)13-18-37(31,39)20-19-35(27,36)6;2-1-3/h9-10,14,21,23,25,27,29-31H,11-13,15-20,39H2,1-8H3;/t23?,25-,27+,29-,30+,31+,34-,35+,36+,37-;/m0./s1. The Morgan fingerprint density at radius 2 is 1.66 bits per heavy atom. The van der Waals surface area contributed by atoms with Crippen LogP contribution in [0.3, 0.4) is 0 Å². The molecule has 10 atom stereocenters. The normalized spacial score (nSPS) is 42.5. The van der Waals surface area contributed by atoms with Crippen LogP contribution >= 0.6 is 0 Å². The van der Waals surface area contributed by atoms with Crippen molar-refractivity contribution in [3.05, 3.63) is 41.2 Å². The molecule has 1 unspecified atom stereocenters. The Hall–Kier alpha value is -2.30. The summed E-state index contributed by atoms with van der Waals surface area (Å²) in [4.78, 5) is 29.0. The fourth-order valence-corrected chi connectivity index (χ4v) is 12.5. The predicted octanol–water partition coefficient (Wildman–Crippen LogP) is 8.15. The molecular weight excluding hydrogens is 553 g/mol. The maximum absolute atomic E-state index is 14.7. The quantitative estimate of drug-likeness (QED) is 0.351. The second-order valence-electron chi connectivity index (χ2n) is 16.5. The van der Waals surface area contributed by atoms with Crippen LogP contribution in [0.25, 0.3) is 5.57 Å². The Balaban J connectivity index is 0.00000123. The molecule has 5 aliphatic rings. The number of halogens is 1. The smallest absolute Gasteiger partial charge is 0.373 e. The van der Waals surface area contributed by atoms with E-state index >= 15 is 0 Å². The number of nitrogens with two attached hydrogens (primary N) is 1. The lowest BCUT2D eigenvalue weighted by Gasteiger charge is -2.72. The molecule has 6 heteroatoms. The Labute approximate surface area is 264 Å². The van der Waals surface area contributed by atoms with E-state index in [0.717, 1.165) is 31.2 Å². The van der Waals surface area contributed by atoms with Gasteiger partial charge in [0.15, 0.2) is 0 Å². The SMILES string of the molecule is COC(=O)C(C)[C@@H]1CC[C@]2(N)CC[C@]3(C)[C@H](CC[C@@H]4[C@@]5(C)CC=C(c6ccc(C)c(F)c6)C(C)(C)[C@@H]5CC[C@]43C)[C@@H]12.O=C=O. The zero-order valence-electron chi connectivity index (χ0n) is 28.2. The van der Waals surface area contributed by atoms with E-state index in [-0.39, 0.29) is 51.1 Å². The van der Waals surface area contributed by atoms with Gasteiger partial charge in [-0.15, -0.1) is 0 Å². The lowest BCUT2D eigenvalue weighted by atomic mass is 9.33. The molecule has 0 aromatic heterocycles. The van der Waals surface area contributed by atoms with Crippen molar-refractivity contribution in [1.29, 1.82) is 0 Å². The van der Waals surface area contributed by atoms with Crippen molar-refractivity contribution in [2.45, 2.75) is 112 Å². The molecule has 5 aliphatic carbocycles. The molecule has 0 heterocycles. The van der Waals surface area contributed by atoms with E-state index in [0.29, 0.717) is 35.2 Å². The molecule has 1 aromatic carbocycles. The van der Waals surface area contributed by atoms with Crippen LogP contribution in [0.2, 0.25) is 0 Å². The van der Waals surface area contributed by atoms with Crippen molar-refractivity contribution >= 4 is 17.7 Å². The van der Waals surface area contributed by atoms with Gasteiger partial charge in [-0.25, -0.2) is 4.39 Å². The van der Waals surface area contributed by atoms with Gasteiger partial charge in [-0.3, -0.25) is 4.79 Å².